The van der Waals surface area contributed by atoms with Gasteiger partial charge in [-0.15, -0.1) is 0 Å². The van der Waals surface area contributed by atoms with E-state index in [2.05, 4.69) is 35.8 Å². The molecule has 0 radical (unpaired) electrons. The predicted octanol–water partition coefficient (Wildman–Crippen LogP) is 3.86. The van der Waals surface area contributed by atoms with Gasteiger partial charge in [-0.05, 0) is 36.2 Å². The van der Waals surface area contributed by atoms with Crippen LogP contribution in [0.4, 0.5) is 4.79 Å². The highest BCUT2D eigenvalue weighted by Gasteiger charge is 2.29. The Morgan fingerprint density at radius 2 is 1.95 bits per heavy atom. The van der Waals surface area contributed by atoms with Gasteiger partial charge in [-0.2, -0.15) is 0 Å². The van der Waals surface area contributed by atoms with E-state index in [1.807, 2.05) is 36.2 Å². The van der Waals surface area contributed by atoms with Gasteiger partial charge in [0.2, 0.25) is 5.91 Å². The van der Waals surface area contributed by atoms with Crippen molar-refractivity contribution < 1.29 is 23.8 Å². The molecule has 0 bridgehead atoms. The first-order chi connectivity index (χ1) is 18.0. The van der Waals surface area contributed by atoms with Crippen LogP contribution in [0.3, 0.4) is 0 Å². The van der Waals surface area contributed by atoms with E-state index in [0.29, 0.717) is 44.3 Å². The summed E-state index contributed by atoms with van der Waals surface area (Å²) in [5, 5.41) is 6.36. The Hall–Kier alpha value is -2.65. The summed E-state index contributed by atoms with van der Waals surface area (Å²) in [6.45, 7) is 5.00. The highest BCUT2D eigenvalue weighted by Crippen LogP contribution is 2.39. The molecule has 2 amide bonds. The number of alkyl carbamates (subject to hydrolysis) is 1. The fourth-order valence-corrected chi connectivity index (χ4v) is 4.97. The maximum Gasteiger partial charge on any atom is 0.406 e. The summed E-state index contributed by atoms with van der Waals surface area (Å²) in [5.74, 6) is 0.0401. The number of ether oxygens (including phenoxy) is 3. The van der Waals surface area contributed by atoms with E-state index in [0.717, 1.165) is 23.1 Å². The summed E-state index contributed by atoms with van der Waals surface area (Å²) < 4.78 is 16.3. The van der Waals surface area contributed by atoms with Gasteiger partial charge in [-0.25, -0.2) is 4.79 Å². The highest BCUT2D eigenvalue weighted by molar-refractivity contribution is 6.33. The molecule has 2 N–H and O–H groups in total. The van der Waals surface area contributed by atoms with Crippen LogP contribution in [0, 0.1) is 0 Å². The molecule has 8 nitrogen and oxygen atoms in total. The van der Waals surface area contributed by atoms with Crippen molar-refractivity contribution in [2.45, 2.75) is 31.8 Å². The number of nitrogens with one attached hydrogen (secondary N) is 2. The van der Waals surface area contributed by atoms with Crippen LogP contribution in [0.25, 0.3) is 11.1 Å². The summed E-state index contributed by atoms with van der Waals surface area (Å²) in [4.78, 5) is 26.5. The van der Waals surface area contributed by atoms with Gasteiger partial charge in [0.25, 0.3) is 0 Å². The minimum absolute atomic E-state index is 0.0410. The number of rotatable bonds is 12. The SMILES string of the molecule is CCc1ccc(Cl)c(-c2ccccc2)c1C(CNC)CC(=O)N1CCOC(COCCOC(=O)NC)C1. The molecular weight excluding hydrogens is 494 g/mol. The van der Waals surface area contributed by atoms with Gasteiger partial charge in [-0.3, -0.25) is 4.79 Å². The summed E-state index contributed by atoms with van der Waals surface area (Å²) in [5.41, 5.74) is 4.38. The number of carbonyl (C=O) groups excluding carboxylic acids is 2. The molecule has 0 aromatic heterocycles. The molecule has 2 aromatic rings. The molecule has 0 spiro atoms. The molecule has 37 heavy (non-hydrogen) atoms. The monoisotopic (exact) mass is 531 g/mol. The maximum absolute atomic E-state index is 13.5. The molecule has 1 heterocycles. The molecule has 1 aliphatic heterocycles. The van der Waals surface area contributed by atoms with Crippen LogP contribution >= 0.6 is 11.6 Å². The molecule has 3 rings (SSSR count). The van der Waals surface area contributed by atoms with Crippen molar-refractivity contribution in [2.24, 2.45) is 0 Å². The lowest BCUT2D eigenvalue weighted by atomic mass is 9.83. The van der Waals surface area contributed by atoms with Crippen LogP contribution in [-0.2, 0) is 25.4 Å². The number of aryl methyl sites for hydroxylation is 1. The average molecular weight is 532 g/mol. The highest BCUT2D eigenvalue weighted by atomic mass is 35.5. The topological polar surface area (TPSA) is 89.1 Å². The molecule has 0 aliphatic carbocycles. The fraction of sp³-hybridized carbons (Fsp3) is 0.500. The molecule has 2 unspecified atom stereocenters. The Bertz CT molecular complexity index is 1020. The van der Waals surface area contributed by atoms with E-state index in [1.54, 1.807) is 0 Å². The Morgan fingerprint density at radius 3 is 2.65 bits per heavy atom. The van der Waals surface area contributed by atoms with Crippen molar-refractivity contribution in [1.29, 1.82) is 0 Å². The van der Waals surface area contributed by atoms with Gasteiger partial charge in [0.1, 0.15) is 6.61 Å². The van der Waals surface area contributed by atoms with Crippen LogP contribution in [0.5, 0.6) is 0 Å². The summed E-state index contributed by atoms with van der Waals surface area (Å²) in [6.07, 6.45) is 0.493. The van der Waals surface area contributed by atoms with Crippen molar-refractivity contribution in [1.82, 2.24) is 15.5 Å². The number of hydrogen-bond donors (Lipinski definition) is 2. The van der Waals surface area contributed by atoms with Gasteiger partial charge in [-0.1, -0.05) is 54.9 Å². The Labute approximate surface area is 224 Å². The summed E-state index contributed by atoms with van der Waals surface area (Å²) in [7, 11) is 3.41. The lowest BCUT2D eigenvalue weighted by molar-refractivity contribution is -0.142. The third-order valence-corrected chi connectivity index (χ3v) is 6.78. The molecule has 9 heteroatoms. The summed E-state index contributed by atoms with van der Waals surface area (Å²) >= 11 is 6.76. The Morgan fingerprint density at radius 1 is 1.16 bits per heavy atom. The molecule has 2 aromatic carbocycles. The van der Waals surface area contributed by atoms with E-state index in [9.17, 15) is 9.59 Å². The van der Waals surface area contributed by atoms with Crippen molar-refractivity contribution in [3.63, 3.8) is 0 Å². The third-order valence-electron chi connectivity index (χ3n) is 6.47. The van der Waals surface area contributed by atoms with Crippen molar-refractivity contribution in [3.8, 4) is 11.1 Å². The summed E-state index contributed by atoms with van der Waals surface area (Å²) in [6, 6.07) is 14.2. The van der Waals surface area contributed by atoms with E-state index >= 15 is 0 Å². The molecule has 1 aliphatic rings. The second-order valence-corrected chi connectivity index (χ2v) is 9.37. The number of amides is 2. The number of carbonyl (C=O) groups is 2. The van der Waals surface area contributed by atoms with Gasteiger partial charge >= 0.3 is 6.09 Å². The van der Waals surface area contributed by atoms with Gasteiger partial charge < -0.3 is 29.7 Å². The van der Waals surface area contributed by atoms with Crippen LogP contribution in [0.2, 0.25) is 5.02 Å². The second kappa shape index (κ2) is 14.9. The maximum atomic E-state index is 13.5. The van der Waals surface area contributed by atoms with Gasteiger partial charge in [0.15, 0.2) is 0 Å². The largest absolute Gasteiger partial charge is 0.447 e. The van der Waals surface area contributed by atoms with E-state index in [4.69, 9.17) is 25.8 Å². The first kappa shape index (κ1) is 28.9. The second-order valence-electron chi connectivity index (χ2n) is 8.97. The zero-order valence-electron chi connectivity index (χ0n) is 21.9. The number of morpholine rings is 1. The smallest absolute Gasteiger partial charge is 0.406 e. The van der Waals surface area contributed by atoms with Crippen LogP contribution in [-0.4, -0.2) is 83.2 Å². The predicted molar refractivity (Wildman–Crippen MR) is 145 cm³/mol. The van der Waals surface area contributed by atoms with Crippen LogP contribution in [0.1, 0.15) is 30.4 Å². The van der Waals surface area contributed by atoms with Gasteiger partial charge in [0, 0.05) is 49.6 Å². The first-order valence-corrected chi connectivity index (χ1v) is 13.2. The minimum atomic E-state index is -0.494. The zero-order valence-corrected chi connectivity index (χ0v) is 22.7. The molecule has 1 fully saturated rings. The van der Waals surface area contributed by atoms with Crippen molar-refractivity contribution >= 4 is 23.6 Å². The lowest BCUT2D eigenvalue weighted by Gasteiger charge is -2.34. The Balaban J connectivity index is 1.71. The van der Waals surface area contributed by atoms with Crippen LogP contribution in [0.15, 0.2) is 42.5 Å². The molecule has 2 atom stereocenters. The molecule has 1 saturated heterocycles. The first-order valence-electron chi connectivity index (χ1n) is 12.8. The fourth-order valence-electron chi connectivity index (χ4n) is 4.70. The molecule has 0 saturated carbocycles. The quantitative estimate of drug-likeness (QED) is 0.404. The molecule has 202 valence electrons. The number of likely N-dealkylation sites (N-methyl/N-ethyl adjacent to an activating group) is 1. The van der Waals surface area contributed by atoms with Crippen LogP contribution < -0.4 is 10.6 Å². The Kier molecular flexibility index (Phi) is 11.7. The van der Waals surface area contributed by atoms with Crippen molar-refractivity contribution in [2.75, 3.05) is 60.2 Å². The number of hydrogen-bond acceptors (Lipinski definition) is 6. The number of benzene rings is 2. The standard InChI is InChI=1S/C28H38ClN3O5/c1-4-20-10-11-24(29)27(21-8-6-5-7-9-21)26(20)22(17-30-2)16-25(33)32-12-13-36-23(18-32)19-35-14-15-37-28(34)31-3/h5-11,22-23,30H,4,12-19H2,1-3H3,(H,31,34). The number of halogens is 1. The lowest BCUT2D eigenvalue weighted by Crippen LogP contribution is -2.47. The minimum Gasteiger partial charge on any atom is -0.447 e. The van der Waals surface area contributed by atoms with Crippen molar-refractivity contribution in [3.05, 3.63) is 58.6 Å². The molecular formula is C28H38ClN3O5. The van der Waals surface area contributed by atoms with E-state index < -0.39 is 6.09 Å². The average Bonchev–Trinajstić information content (AvgIpc) is 2.92. The zero-order chi connectivity index (χ0) is 26.6. The normalized spacial score (nSPS) is 16.3. The van der Waals surface area contributed by atoms with E-state index in [-0.39, 0.29) is 31.1 Å². The van der Waals surface area contributed by atoms with Gasteiger partial charge in [0.05, 0.1) is 25.9 Å². The van der Waals surface area contributed by atoms with E-state index in [1.165, 1.54) is 12.6 Å². The number of nitrogens with zero attached hydrogens (tertiary/aromatic N) is 1. The third kappa shape index (κ3) is 8.17.